The van der Waals surface area contributed by atoms with Gasteiger partial charge in [0.1, 0.15) is 0 Å². The van der Waals surface area contributed by atoms with Crippen LogP contribution in [0.3, 0.4) is 0 Å². The summed E-state index contributed by atoms with van der Waals surface area (Å²) < 4.78 is 4.84. The number of aromatic nitrogens is 2. The van der Waals surface area contributed by atoms with Crippen LogP contribution in [0.2, 0.25) is 0 Å². The molecule has 2 aliphatic heterocycles. The second-order valence-electron chi connectivity index (χ2n) is 11.5. The predicted octanol–water partition coefficient (Wildman–Crippen LogP) is 7.11. The van der Waals surface area contributed by atoms with Gasteiger partial charge in [0.2, 0.25) is 0 Å². The minimum atomic E-state index is 0.0478. The zero-order chi connectivity index (χ0) is 28.4. The summed E-state index contributed by atoms with van der Waals surface area (Å²) in [6.07, 6.45) is 0. The molecule has 0 atom stereocenters. The molecule has 5 heteroatoms. The molecule has 10 rings (SSSR count). The van der Waals surface area contributed by atoms with Crippen molar-refractivity contribution in [3.05, 3.63) is 132 Å². The molecule has 0 bridgehead atoms. The molecule has 0 aliphatic carbocycles. The van der Waals surface area contributed by atoms with Crippen molar-refractivity contribution < 1.29 is 0 Å². The van der Waals surface area contributed by atoms with Crippen LogP contribution < -0.4 is 16.4 Å². The van der Waals surface area contributed by atoms with Crippen LogP contribution in [0.1, 0.15) is 5.56 Å². The maximum absolute atomic E-state index is 10.2. The first-order valence-corrected chi connectivity index (χ1v) is 14.4. The van der Waals surface area contributed by atoms with Crippen molar-refractivity contribution >= 4 is 72.4 Å². The van der Waals surface area contributed by atoms with Gasteiger partial charge in [0.15, 0.2) is 5.69 Å². The zero-order valence-corrected chi connectivity index (χ0v) is 22.8. The summed E-state index contributed by atoms with van der Waals surface area (Å²) in [6, 6.07) is 42.9. The van der Waals surface area contributed by atoms with E-state index < -0.39 is 0 Å². The number of nitriles is 1. The Balaban J connectivity index is 1.49. The number of hydrogen-bond donors (Lipinski definition) is 0. The third kappa shape index (κ3) is 2.61. The van der Waals surface area contributed by atoms with Crippen LogP contribution >= 0.6 is 0 Å². The molecule has 2 aliphatic rings. The Morgan fingerprint density at radius 2 is 1.16 bits per heavy atom. The normalized spacial score (nSPS) is 12.6. The third-order valence-corrected chi connectivity index (χ3v) is 9.55. The van der Waals surface area contributed by atoms with Gasteiger partial charge in [-0.3, -0.25) is 0 Å². The maximum Gasteiger partial charge on any atom is 0.252 e. The number of para-hydroxylation sites is 4. The fraction of sp³-hybridized carbons (Fsp3) is 0. The summed E-state index contributed by atoms with van der Waals surface area (Å²) in [5, 5.41) is 15.1. The molecular formula is C38H19BN4. The molecule has 4 nitrogen and oxygen atoms in total. The standard InChI is InChI=1S/C38H19BN4/c1-41-30-16-6-9-22(21-40)35(30)23-19-33-36-34(20-23)43-32-18-5-3-11-25(32)27-13-8-15-29(38(27)43)39(36)28-14-7-12-26-24-10-2-4-17-31(24)42(33)37(26)28/h2-20H. The Morgan fingerprint density at radius 3 is 1.72 bits per heavy atom. The lowest BCUT2D eigenvalue weighted by molar-refractivity contribution is 1.14. The van der Waals surface area contributed by atoms with Crippen molar-refractivity contribution in [1.29, 1.82) is 5.26 Å². The summed E-state index contributed by atoms with van der Waals surface area (Å²) in [5.74, 6) is 0. The van der Waals surface area contributed by atoms with E-state index in [2.05, 4.69) is 117 Å². The molecule has 4 heterocycles. The van der Waals surface area contributed by atoms with E-state index >= 15 is 0 Å². The molecule has 194 valence electrons. The lowest BCUT2D eigenvalue weighted by Gasteiger charge is -2.34. The largest absolute Gasteiger partial charge is 0.310 e. The van der Waals surface area contributed by atoms with Crippen molar-refractivity contribution in [1.82, 2.24) is 9.13 Å². The second-order valence-corrected chi connectivity index (χ2v) is 11.5. The monoisotopic (exact) mass is 542 g/mol. The van der Waals surface area contributed by atoms with Crippen LogP contribution in [-0.2, 0) is 0 Å². The Labute approximate surface area is 247 Å². The van der Waals surface area contributed by atoms with Crippen LogP contribution in [0, 0.1) is 17.9 Å². The predicted molar refractivity (Wildman–Crippen MR) is 176 cm³/mol. The summed E-state index contributed by atoms with van der Waals surface area (Å²) in [4.78, 5) is 3.87. The van der Waals surface area contributed by atoms with Crippen molar-refractivity contribution in [2.45, 2.75) is 0 Å². The van der Waals surface area contributed by atoms with Gasteiger partial charge in [-0.2, -0.15) is 5.26 Å². The van der Waals surface area contributed by atoms with E-state index in [-0.39, 0.29) is 6.71 Å². The smallest absolute Gasteiger partial charge is 0.252 e. The van der Waals surface area contributed by atoms with E-state index in [0.717, 1.165) is 28.0 Å². The Morgan fingerprint density at radius 1 is 0.628 bits per heavy atom. The number of fused-ring (bicyclic) bond motifs is 10. The van der Waals surface area contributed by atoms with Gasteiger partial charge in [-0.25, -0.2) is 4.85 Å². The molecule has 6 aromatic carbocycles. The topological polar surface area (TPSA) is 38.0 Å². The highest BCUT2D eigenvalue weighted by molar-refractivity contribution is 7.00. The van der Waals surface area contributed by atoms with Crippen LogP contribution in [0.25, 0.3) is 71.0 Å². The summed E-state index contributed by atoms with van der Waals surface area (Å²) >= 11 is 0. The Bertz CT molecular complexity index is 2480. The average molecular weight is 542 g/mol. The van der Waals surface area contributed by atoms with Gasteiger partial charge in [-0.15, -0.1) is 0 Å². The molecule has 2 aromatic heterocycles. The molecule has 0 amide bonds. The van der Waals surface area contributed by atoms with E-state index in [0.29, 0.717) is 16.8 Å². The minimum absolute atomic E-state index is 0.0478. The van der Waals surface area contributed by atoms with E-state index in [4.69, 9.17) is 6.57 Å². The van der Waals surface area contributed by atoms with Gasteiger partial charge in [0, 0.05) is 55.1 Å². The third-order valence-electron chi connectivity index (χ3n) is 9.55. The minimum Gasteiger partial charge on any atom is -0.310 e. The Kier molecular flexibility index (Phi) is 4.12. The zero-order valence-electron chi connectivity index (χ0n) is 22.8. The summed E-state index contributed by atoms with van der Waals surface area (Å²) in [5.41, 5.74) is 13.4. The van der Waals surface area contributed by atoms with Crippen molar-refractivity contribution in [3.8, 4) is 28.6 Å². The van der Waals surface area contributed by atoms with Crippen molar-refractivity contribution in [2.75, 3.05) is 0 Å². The quantitative estimate of drug-likeness (QED) is 0.161. The molecule has 0 N–H and O–H groups in total. The summed E-state index contributed by atoms with van der Waals surface area (Å²) in [7, 11) is 0. The van der Waals surface area contributed by atoms with Crippen LogP contribution in [-0.4, -0.2) is 15.8 Å². The fourth-order valence-corrected chi connectivity index (χ4v) is 8.00. The molecule has 43 heavy (non-hydrogen) atoms. The van der Waals surface area contributed by atoms with Crippen LogP contribution in [0.5, 0.6) is 0 Å². The molecule has 0 saturated carbocycles. The fourth-order valence-electron chi connectivity index (χ4n) is 8.00. The summed E-state index contributed by atoms with van der Waals surface area (Å²) in [6.45, 7) is 8.03. The van der Waals surface area contributed by atoms with Crippen LogP contribution in [0.15, 0.2) is 115 Å². The maximum atomic E-state index is 10.2. The molecule has 0 fully saturated rings. The van der Waals surface area contributed by atoms with Gasteiger partial charge in [0.25, 0.3) is 6.71 Å². The molecule has 0 unspecified atom stereocenters. The highest BCUT2D eigenvalue weighted by Gasteiger charge is 2.41. The van der Waals surface area contributed by atoms with E-state index in [1.54, 1.807) is 6.07 Å². The Hall–Kier alpha value is -6.04. The van der Waals surface area contributed by atoms with E-state index in [1.807, 2.05) is 12.1 Å². The lowest BCUT2D eigenvalue weighted by atomic mass is 9.34. The average Bonchev–Trinajstić information content (AvgIpc) is 3.59. The SMILES string of the molecule is [C-]#[N+]c1cccc(C#N)c1-c1cc2c3c(c1)-n1c4ccccc4c4cccc(c41)B3c1cccc3c4ccccc4n-2c13. The highest BCUT2D eigenvalue weighted by atomic mass is 15.0. The number of nitrogens with zero attached hydrogens (tertiary/aromatic N) is 4. The second kappa shape index (κ2) is 7.82. The van der Waals surface area contributed by atoms with Crippen LogP contribution in [0.4, 0.5) is 5.69 Å². The first-order chi connectivity index (χ1) is 21.3. The van der Waals surface area contributed by atoms with Gasteiger partial charge in [-0.05, 0) is 52.3 Å². The number of rotatable bonds is 1. The molecule has 8 aromatic rings. The van der Waals surface area contributed by atoms with Gasteiger partial charge < -0.3 is 9.13 Å². The van der Waals surface area contributed by atoms with Crippen molar-refractivity contribution in [3.63, 3.8) is 0 Å². The van der Waals surface area contributed by atoms with Gasteiger partial charge in [0.05, 0.1) is 23.7 Å². The van der Waals surface area contributed by atoms with E-state index in [9.17, 15) is 5.26 Å². The molecule has 0 saturated heterocycles. The molecule has 0 spiro atoms. The number of benzene rings is 6. The van der Waals surface area contributed by atoms with Gasteiger partial charge in [-0.1, -0.05) is 84.9 Å². The molecular weight excluding hydrogens is 523 g/mol. The lowest BCUT2D eigenvalue weighted by Crippen LogP contribution is -2.59. The van der Waals surface area contributed by atoms with Crippen molar-refractivity contribution in [2.24, 2.45) is 0 Å². The highest BCUT2D eigenvalue weighted by Crippen LogP contribution is 2.42. The first kappa shape index (κ1) is 22.6. The number of hydrogen-bond acceptors (Lipinski definition) is 1. The van der Waals surface area contributed by atoms with Gasteiger partial charge >= 0.3 is 0 Å². The van der Waals surface area contributed by atoms with E-state index in [1.165, 1.54) is 49.0 Å². The first-order valence-electron chi connectivity index (χ1n) is 14.4. The molecule has 0 radical (unpaired) electrons.